The topological polar surface area (TPSA) is 104 Å². The van der Waals surface area contributed by atoms with Gasteiger partial charge in [0.25, 0.3) is 0 Å². The molecule has 1 aliphatic heterocycles. The molecule has 8 nitrogen and oxygen atoms in total. The summed E-state index contributed by atoms with van der Waals surface area (Å²) in [4.78, 5) is 12.9. The Kier molecular flexibility index (Phi) is 7.03. The fourth-order valence-electron chi connectivity index (χ4n) is 3.47. The molecule has 0 unspecified atom stereocenters. The molecule has 32 heavy (non-hydrogen) atoms. The molecule has 0 aliphatic carbocycles. The number of sulfonamides is 2. The summed E-state index contributed by atoms with van der Waals surface area (Å²) >= 11 is 0. The van der Waals surface area contributed by atoms with Crippen LogP contribution in [0.2, 0.25) is 0 Å². The number of carbonyl (C=O) groups excluding carboxylic acids is 1. The fraction of sp³-hybridized carbons (Fsp3) is 0.381. The van der Waals surface area contributed by atoms with Gasteiger partial charge < -0.3 is 5.32 Å². The number of anilines is 1. The summed E-state index contributed by atoms with van der Waals surface area (Å²) < 4.78 is 66.1. The predicted molar refractivity (Wildman–Crippen MR) is 119 cm³/mol. The van der Waals surface area contributed by atoms with E-state index >= 15 is 0 Å². The molecule has 1 N–H and O–H groups in total. The van der Waals surface area contributed by atoms with E-state index in [4.69, 9.17) is 0 Å². The maximum atomic E-state index is 13.2. The van der Waals surface area contributed by atoms with Crippen molar-refractivity contribution < 1.29 is 26.0 Å². The number of hydrogen-bond acceptors (Lipinski definition) is 5. The van der Waals surface area contributed by atoms with Gasteiger partial charge in [0, 0.05) is 32.9 Å². The average molecular weight is 484 g/mol. The molecule has 174 valence electrons. The van der Waals surface area contributed by atoms with E-state index in [0.717, 1.165) is 16.4 Å². The largest absolute Gasteiger partial charge is 0.326 e. The van der Waals surface area contributed by atoms with Gasteiger partial charge in [0.05, 0.1) is 15.7 Å². The highest BCUT2D eigenvalue weighted by Crippen LogP contribution is 2.27. The van der Waals surface area contributed by atoms with Crippen LogP contribution in [-0.4, -0.2) is 58.5 Å². The maximum absolute atomic E-state index is 13.2. The van der Waals surface area contributed by atoms with Crippen molar-refractivity contribution in [3.63, 3.8) is 0 Å². The minimum absolute atomic E-state index is 0.0136. The van der Waals surface area contributed by atoms with Gasteiger partial charge in [-0.2, -0.15) is 4.31 Å². The van der Waals surface area contributed by atoms with Crippen molar-refractivity contribution in [2.45, 2.75) is 29.6 Å². The van der Waals surface area contributed by atoms with E-state index in [-0.39, 0.29) is 28.8 Å². The van der Waals surface area contributed by atoms with Crippen LogP contribution >= 0.6 is 0 Å². The lowest BCUT2D eigenvalue weighted by Crippen LogP contribution is -2.43. The van der Waals surface area contributed by atoms with Crippen LogP contribution in [0.4, 0.5) is 10.1 Å². The minimum Gasteiger partial charge on any atom is -0.326 e. The molecule has 1 aliphatic rings. The van der Waals surface area contributed by atoms with E-state index in [1.54, 1.807) is 13.0 Å². The van der Waals surface area contributed by atoms with Crippen molar-refractivity contribution in [2.75, 3.05) is 32.5 Å². The van der Waals surface area contributed by atoms with E-state index in [1.165, 1.54) is 42.7 Å². The lowest BCUT2D eigenvalue weighted by molar-refractivity contribution is -0.120. The third-order valence-electron chi connectivity index (χ3n) is 5.45. The van der Waals surface area contributed by atoms with Crippen LogP contribution in [0.25, 0.3) is 0 Å². The molecule has 1 fully saturated rings. The molecule has 1 atom stereocenters. The second-order valence-corrected chi connectivity index (χ2v) is 12.0. The van der Waals surface area contributed by atoms with Crippen LogP contribution in [0.3, 0.4) is 0 Å². The highest BCUT2D eigenvalue weighted by atomic mass is 32.2. The standard InChI is InChI=1S/C21H26FN3O5S2/c1-15-6-9-19(31(27,28)24(2)3)13-20(15)23-21(26)16-5-4-12-25(14-16)32(29,30)18-10-7-17(22)8-11-18/h6-11,13,16H,4-5,12,14H2,1-3H3,(H,23,26)/t16-/m0/s1. The van der Waals surface area contributed by atoms with Gasteiger partial charge in [0.2, 0.25) is 26.0 Å². The first-order valence-corrected chi connectivity index (χ1v) is 12.9. The van der Waals surface area contributed by atoms with E-state index in [2.05, 4.69) is 5.32 Å². The highest BCUT2D eigenvalue weighted by molar-refractivity contribution is 7.89. The molecule has 0 saturated carbocycles. The number of hydrogen-bond donors (Lipinski definition) is 1. The predicted octanol–water partition coefficient (Wildman–Crippen LogP) is 2.42. The number of piperidine rings is 1. The normalized spacial score (nSPS) is 18.0. The lowest BCUT2D eigenvalue weighted by Gasteiger charge is -2.31. The quantitative estimate of drug-likeness (QED) is 0.680. The zero-order chi connectivity index (χ0) is 23.7. The minimum atomic E-state index is -3.86. The Morgan fingerprint density at radius 1 is 1.06 bits per heavy atom. The summed E-state index contributed by atoms with van der Waals surface area (Å²) in [6, 6.07) is 9.05. The van der Waals surface area contributed by atoms with Gasteiger partial charge in [0.1, 0.15) is 5.82 Å². The average Bonchev–Trinajstić information content (AvgIpc) is 2.75. The Morgan fingerprint density at radius 2 is 1.69 bits per heavy atom. The molecule has 0 aromatic heterocycles. The zero-order valence-electron chi connectivity index (χ0n) is 18.1. The number of aryl methyl sites for hydroxylation is 1. The number of rotatable bonds is 6. The first kappa shape index (κ1) is 24.3. The van der Waals surface area contributed by atoms with Crippen molar-refractivity contribution >= 4 is 31.6 Å². The van der Waals surface area contributed by atoms with Gasteiger partial charge in [0.15, 0.2) is 0 Å². The molecular weight excluding hydrogens is 457 g/mol. The van der Waals surface area contributed by atoms with Gasteiger partial charge in [-0.25, -0.2) is 25.5 Å². The fourth-order valence-corrected chi connectivity index (χ4v) is 5.92. The monoisotopic (exact) mass is 483 g/mol. The van der Waals surface area contributed by atoms with Crippen molar-refractivity contribution in [1.29, 1.82) is 0 Å². The highest BCUT2D eigenvalue weighted by Gasteiger charge is 2.33. The van der Waals surface area contributed by atoms with Crippen LogP contribution in [0.15, 0.2) is 52.3 Å². The van der Waals surface area contributed by atoms with Gasteiger partial charge in [-0.1, -0.05) is 6.07 Å². The summed E-state index contributed by atoms with van der Waals surface area (Å²) in [7, 11) is -4.69. The summed E-state index contributed by atoms with van der Waals surface area (Å²) in [6.45, 7) is 1.99. The lowest BCUT2D eigenvalue weighted by atomic mass is 9.98. The Labute approximate surface area is 188 Å². The number of nitrogens with zero attached hydrogens (tertiary/aromatic N) is 2. The molecule has 3 rings (SSSR count). The number of amides is 1. The Bertz CT molecular complexity index is 1210. The molecule has 1 saturated heterocycles. The first-order chi connectivity index (χ1) is 14.9. The van der Waals surface area contributed by atoms with Crippen LogP contribution in [0, 0.1) is 18.7 Å². The third kappa shape index (κ3) is 5.01. The number of carbonyl (C=O) groups is 1. The third-order valence-corrected chi connectivity index (χ3v) is 9.14. The molecular formula is C21H26FN3O5S2. The van der Waals surface area contributed by atoms with Crippen molar-refractivity contribution in [3.8, 4) is 0 Å². The van der Waals surface area contributed by atoms with Gasteiger partial charge in [-0.15, -0.1) is 0 Å². The summed E-state index contributed by atoms with van der Waals surface area (Å²) in [5, 5.41) is 2.76. The van der Waals surface area contributed by atoms with Crippen molar-refractivity contribution in [2.24, 2.45) is 5.92 Å². The number of halogens is 1. The first-order valence-electron chi connectivity index (χ1n) is 10.0. The second-order valence-electron chi connectivity index (χ2n) is 7.91. The van der Waals surface area contributed by atoms with Crippen LogP contribution < -0.4 is 5.32 Å². The van der Waals surface area contributed by atoms with Crippen molar-refractivity contribution in [3.05, 3.63) is 53.8 Å². The smallest absolute Gasteiger partial charge is 0.243 e. The summed E-state index contributed by atoms with van der Waals surface area (Å²) in [6.07, 6.45) is 0.989. The molecule has 0 spiro atoms. The molecule has 2 aromatic carbocycles. The molecule has 2 aromatic rings. The van der Waals surface area contributed by atoms with E-state index in [1.807, 2.05) is 0 Å². The summed E-state index contributed by atoms with van der Waals surface area (Å²) in [5.41, 5.74) is 1.04. The van der Waals surface area contributed by atoms with Gasteiger partial charge >= 0.3 is 0 Å². The molecule has 0 bridgehead atoms. The van der Waals surface area contributed by atoms with E-state index in [9.17, 15) is 26.0 Å². The van der Waals surface area contributed by atoms with E-state index in [0.29, 0.717) is 24.1 Å². The van der Waals surface area contributed by atoms with Crippen LogP contribution in [-0.2, 0) is 24.8 Å². The maximum Gasteiger partial charge on any atom is 0.243 e. The van der Waals surface area contributed by atoms with Crippen molar-refractivity contribution in [1.82, 2.24) is 8.61 Å². The molecule has 1 amide bonds. The number of benzene rings is 2. The zero-order valence-corrected chi connectivity index (χ0v) is 19.7. The van der Waals surface area contributed by atoms with Gasteiger partial charge in [-0.05, 0) is 61.7 Å². The second kappa shape index (κ2) is 9.26. The van der Waals surface area contributed by atoms with E-state index < -0.39 is 31.8 Å². The number of nitrogens with one attached hydrogen (secondary N) is 1. The van der Waals surface area contributed by atoms with Gasteiger partial charge in [-0.3, -0.25) is 4.79 Å². The Balaban J connectivity index is 1.78. The Hall–Kier alpha value is -2.34. The Morgan fingerprint density at radius 3 is 2.31 bits per heavy atom. The van der Waals surface area contributed by atoms with Crippen LogP contribution in [0.1, 0.15) is 18.4 Å². The molecule has 0 radical (unpaired) electrons. The van der Waals surface area contributed by atoms with Crippen LogP contribution in [0.5, 0.6) is 0 Å². The summed E-state index contributed by atoms with van der Waals surface area (Å²) in [5.74, 6) is -1.52. The molecule has 11 heteroatoms. The SMILES string of the molecule is Cc1ccc(S(=O)(=O)N(C)C)cc1NC(=O)[C@H]1CCCN(S(=O)(=O)c2ccc(F)cc2)C1. The molecule has 1 heterocycles.